The predicted octanol–water partition coefficient (Wildman–Crippen LogP) is 1.49. The van der Waals surface area contributed by atoms with E-state index in [0.717, 1.165) is 40.0 Å². The van der Waals surface area contributed by atoms with E-state index in [1.54, 1.807) is 0 Å². The molecule has 0 radical (unpaired) electrons. The van der Waals surface area contributed by atoms with Crippen LogP contribution in [-0.2, 0) is 6.42 Å². The van der Waals surface area contributed by atoms with Crippen LogP contribution in [0.25, 0.3) is 10.9 Å². The Hall–Kier alpha value is -3.58. The molecule has 1 aliphatic heterocycles. The van der Waals surface area contributed by atoms with E-state index in [1.807, 2.05) is 62.5 Å². The highest BCUT2D eigenvalue weighted by Crippen LogP contribution is 2.33. The first-order valence-corrected chi connectivity index (χ1v) is 10.5. The SMILES string of the molecule is C[C@@H](c1ccccc1)n1c(O)c([C@@H]2c3[nH]c4ccccc4c3CC[NH+]2C)c(=O)[nH]c1=O. The van der Waals surface area contributed by atoms with Crippen molar-refractivity contribution in [3.8, 4) is 5.88 Å². The monoisotopic (exact) mass is 417 g/mol. The first kappa shape index (κ1) is 19.4. The first-order valence-electron chi connectivity index (χ1n) is 10.5. The molecule has 2 aromatic heterocycles. The van der Waals surface area contributed by atoms with Gasteiger partial charge in [-0.15, -0.1) is 0 Å². The molecule has 3 heterocycles. The summed E-state index contributed by atoms with van der Waals surface area (Å²) >= 11 is 0. The molecule has 0 saturated carbocycles. The van der Waals surface area contributed by atoms with E-state index in [-0.39, 0.29) is 11.4 Å². The Labute approximate surface area is 178 Å². The third-order valence-corrected chi connectivity index (χ3v) is 6.51. The summed E-state index contributed by atoms with van der Waals surface area (Å²) < 4.78 is 1.27. The molecular weight excluding hydrogens is 392 g/mol. The quantitative estimate of drug-likeness (QED) is 0.407. The molecular formula is C24H25N4O3+. The Balaban J connectivity index is 1.73. The summed E-state index contributed by atoms with van der Waals surface area (Å²) in [6.07, 6.45) is 0.875. The number of aromatic nitrogens is 3. The van der Waals surface area contributed by atoms with Gasteiger partial charge in [0, 0.05) is 17.3 Å². The minimum absolute atomic E-state index is 0.215. The Morgan fingerprint density at radius 1 is 1.06 bits per heavy atom. The van der Waals surface area contributed by atoms with Crippen LogP contribution in [0.3, 0.4) is 0 Å². The molecule has 3 atom stereocenters. The summed E-state index contributed by atoms with van der Waals surface area (Å²) in [6.45, 7) is 2.65. The van der Waals surface area contributed by atoms with Crippen molar-refractivity contribution in [2.75, 3.05) is 13.6 Å². The van der Waals surface area contributed by atoms with Gasteiger partial charge in [0.05, 0.1) is 25.3 Å². The van der Waals surface area contributed by atoms with Crippen molar-refractivity contribution >= 4 is 10.9 Å². The molecule has 0 saturated heterocycles. The van der Waals surface area contributed by atoms with Crippen molar-refractivity contribution in [1.82, 2.24) is 14.5 Å². The molecule has 1 unspecified atom stereocenters. The molecule has 4 N–H and O–H groups in total. The van der Waals surface area contributed by atoms with Gasteiger partial charge in [-0.3, -0.25) is 14.3 Å². The maximum atomic E-state index is 13.0. The fourth-order valence-corrected chi connectivity index (χ4v) is 4.89. The van der Waals surface area contributed by atoms with Crippen LogP contribution in [0.4, 0.5) is 0 Å². The van der Waals surface area contributed by atoms with Crippen LogP contribution in [0.1, 0.15) is 41.4 Å². The van der Waals surface area contributed by atoms with Crippen molar-refractivity contribution < 1.29 is 10.0 Å². The van der Waals surface area contributed by atoms with Crippen LogP contribution >= 0.6 is 0 Å². The van der Waals surface area contributed by atoms with Crippen LogP contribution < -0.4 is 16.1 Å². The number of H-pyrrole nitrogens is 2. The zero-order valence-corrected chi connectivity index (χ0v) is 17.5. The second-order valence-electron chi connectivity index (χ2n) is 8.30. The fourth-order valence-electron chi connectivity index (χ4n) is 4.89. The van der Waals surface area contributed by atoms with Gasteiger partial charge in [0.2, 0.25) is 5.88 Å². The fraction of sp³-hybridized carbons (Fsp3) is 0.250. The van der Waals surface area contributed by atoms with Crippen LogP contribution in [0.5, 0.6) is 5.88 Å². The van der Waals surface area contributed by atoms with Crippen LogP contribution in [-0.4, -0.2) is 33.2 Å². The average Bonchev–Trinajstić information content (AvgIpc) is 3.14. The summed E-state index contributed by atoms with van der Waals surface area (Å²) in [4.78, 5) is 32.7. The second-order valence-corrected chi connectivity index (χ2v) is 8.30. The van der Waals surface area contributed by atoms with Crippen molar-refractivity contribution in [3.05, 3.63) is 97.8 Å². The number of hydrogen-bond donors (Lipinski definition) is 4. The standard InChI is InChI=1S/C24H24N4O3/c1-14(15-8-4-3-5-9-15)28-23(30)19(22(29)26-24(28)31)21-20-17(12-13-27(21)2)16-10-6-7-11-18(16)25-20/h3-11,14,21,25,30H,12-13H2,1-2H3,(H,26,29,31)/p+1/t14-,21+/m0/s1. The summed E-state index contributed by atoms with van der Waals surface area (Å²) in [5.74, 6) is -0.277. The molecule has 4 aromatic rings. The molecule has 7 nitrogen and oxygen atoms in total. The van der Waals surface area contributed by atoms with Crippen LogP contribution in [0.15, 0.2) is 64.2 Å². The molecule has 0 fully saturated rings. The number of likely N-dealkylation sites (N-methyl/N-ethyl adjacent to an activating group) is 1. The summed E-state index contributed by atoms with van der Waals surface area (Å²) in [5, 5.41) is 12.4. The number of para-hydroxylation sites is 1. The summed E-state index contributed by atoms with van der Waals surface area (Å²) in [7, 11) is 2.01. The molecule has 0 aliphatic carbocycles. The number of nitrogens with zero attached hydrogens (tertiary/aromatic N) is 1. The predicted molar refractivity (Wildman–Crippen MR) is 119 cm³/mol. The molecule has 158 valence electrons. The third kappa shape index (κ3) is 3.00. The van der Waals surface area contributed by atoms with E-state index < -0.39 is 23.3 Å². The molecule has 0 spiro atoms. The summed E-state index contributed by atoms with van der Waals surface area (Å²) in [5.41, 5.74) is 3.01. The van der Waals surface area contributed by atoms with Crippen LogP contribution in [0.2, 0.25) is 0 Å². The van der Waals surface area contributed by atoms with E-state index >= 15 is 0 Å². The lowest BCUT2D eigenvalue weighted by Gasteiger charge is -2.30. The van der Waals surface area contributed by atoms with Gasteiger partial charge in [-0.25, -0.2) is 4.79 Å². The van der Waals surface area contributed by atoms with E-state index in [4.69, 9.17) is 0 Å². The molecule has 7 heteroatoms. The number of hydrogen-bond acceptors (Lipinski definition) is 3. The largest absolute Gasteiger partial charge is 0.494 e. The Morgan fingerprint density at radius 2 is 1.77 bits per heavy atom. The van der Waals surface area contributed by atoms with Gasteiger partial charge in [0.15, 0.2) is 6.04 Å². The number of quaternary nitrogens is 1. The zero-order chi connectivity index (χ0) is 21.7. The normalized spacial score (nSPS) is 19.3. The highest BCUT2D eigenvalue weighted by atomic mass is 16.3. The lowest BCUT2D eigenvalue weighted by molar-refractivity contribution is -0.908. The molecule has 1 aliphatic rings. The van der Waals surface area contributed by atoms with Gasteiger partial charge in [0.1, 0.15) is 5.56 Å². The maximum absolute atomic E-state index is 13.0. The smallest absolute Gasteiger partial charge is 0.331 e. The lowest BCUT2D eigenvalue weighted by atomic mass is 9.93. The number of fused-ring (bicyclic) bond motifs is 3. The lowest BCUT2D eigenvalue weighted by Crippen LogP contribution is -3.10. The molecule has 31 heavy (non-hydrogen) atoms. The number of aromatic hydroxyl groups is 1. The molecule has 0 bridgehead atoms. The Kier molecular flexibility index (Phi) is 4.55. The molecule has 5 rings (SSSR count). The molecule has 2 aromatic carbocycles. The van der Waals surface area contributed by atoms with Gasteiger partial charge in [-0.2, -0.15) is 0 Å². The highest BCUT2D eigenvalue weighted by Gasteiger charge is 2.38. The number of nitrogens with one attached hydrogen (secondary N) is 3. The Bertz CT molecular complexity index is 1380. The topological polar surface area (TPSA) is 95.3 Å². The number of aromatic amines is 2. The van der Waals surface area contributed by atoms with E-state index in [1.165, 1.54) is 10.1 Å². The Morgan fingerprint density at radius 3 is 2.55 bits per heavy atom. The van der Waals surface area contributed by atoms with Crippen molar-refractivity contribution in [2.24, 2.45) is 0 Å². The van der Waals surface area contributed by atoms with Crippen molar-refractivity contribution in [2.45, 2.75) is 25.4 Å². The number of rotatable bonds is 3. The highest BCUT2D eigenvalue weighted by molar-refractivity contribution is 5.85. The second kappa shape index (κ2) is 7.28. The van der Waals surface area contributed by atoms with Crippen molar-refractivity contribution in [3.63, 3.8) is 0 Å². The third-order valence-electron chi connectivity index (χ3n) is 6.51. The van der Waals surface area contributed by atoms with Crippen molar-refractivity contribution in [1.29, 1.82) is 0 Å². The zero-order valence-electron chi connectivity index (χ0n) is 17.5. The van der Waals surface area contributed by atoms with Gasteiger partial charge in [-0.1, -0.05) is 48.5 Å². The van der Waals surface area contributed by atoms with Gasteiger partial charge in [0.25, 0.3) is 5.56 Å². The van der Waals surface area contributed by atoms with Gasteiger partial charge >= 0.3 is 5.69 Å². The average molecular weight is 417 g/mol. The van der Waals surface area contributed by atoms with Crippen LogP contribution in [0, 0.1) is 0 Å². The van der Waals surface area contributed by atoms with Gasteiger partial charge < -0.3 is 15.0 Å². The molecule has 0 amide bonds. The number of benzene rings is 2. The first-order chi connectivity index (χ1) is 15.0. The minimum atomic E-state index is -0.618. The van der Waals surface area contributed by atoms with E-state index in [2.05, 4.69) is 16.0 Å². The maximum Gasteiger partial charge on any atom is 0.331 e. The minimum Gasteiger partial charge on any atom is -0.494 e. The summed E-state index contributed by atoms with van der Waals surface area (Å²) in [6, 6.07) is 16.7. The van der Waals surface area contributed by atoms with E-state index in [9.17, 15) is 14.7 Å². The van der Waals surface area contributed by atoms with E-state index in [0.29, 0.717) is 0 Å². The van der Waals surface area contributed by atoms with Gasteiger partial charge in [-0.05, 0) is 24.1 Å².